The molecule has 18 heavy (non-hydrogen) atoms. The van der Waals surface area contributed by atoms with E-state index in [2.05, 4.69) is 5.32 Å². The minimum Gasteiger partial charge on any atom is -0.493 e. The lowest BCUT2D eigenvalue weighted by Gasteiger charge is -2.26. The van der Waals surface area contributed by atoms with E-state index in [4.69, 9.17) is 9.47 Å². The lowest BCUT2D eigenvalue weighted by molar-refractivity contribution is 0.0257. The van der Waals surface area contributed by atoms with Gasteiger partial charge in [0.15, 0.2) is 11.6 Å². The van der Waals surface area contributed by atoms with E-state index in [1.807, 2.05) is 0 Å². The van der Waals surface area contributed by atoms with Crippen molar-refractivity contribution < 1.29 is 22.6 Å². The number of halogens is 3. The van der Waals surface area contributed by atoms with Gasteiger partial charge in [0.2, 0.25) is 0 Å². The zero-order valence-electron chi connectivity index (χ0n) is 9.88. The van der Waals surface area contributed by atoms with E-state index < -0.39 is 18.3 Å². The highest BCUT2D eigenvalue weighted by molar-refractivity contribution is 5.41. The molecule has 0 amide bonds. The maximum Gasteiger partial charge on any atom is 0.263 e. The van der Waals surface area contributed by atoms with Gasteiger partial charge in [-0.1, -0.05) is 0 Å². The monoisotopic (exact) mass is 261 g/mol. The molecule has 0 saturated carbocycles. The first-order chi connectivity index (χ1) is 8.63. The van der Waals surface area contributed by atoms with Gasteiger partial charge in [0.1, 0.15) is 0 Å². The maximum atomic E-state index is 13.7. The fourth-order valence-corrected chi connectivity index (χ4v) is 1.98. The minimum atomic E-state index is -2.72. The molecule has 1 aliphatic heterocycles. The predicted octanol–water partition coefficient (Wildman–Crippen LogP) is 2.43. The van der Waals surface area contributed by atoms with Crippen molar-refractivity contribution in [3.05, 3.63) is 29.1 Å². The highest BCUT2D eigenvalue weighted by atomic mass is 19.3. The average molecular weight is 261 g/mol. The van der Waals surface area contributed by atoms with Gasteiger partial charge in [-0.3, -0.25) is 0 Å². The van der Waals surface area contributed by atoms with Gasteiger partial charge < -0.3 is 14.8 Å². The molecule has 1 atom stereocenters. The van der Waals surface area contributed by atoms with Crippen LogP contribution >= 0.6 is 0 Å². The van der Waals surface area contributed by atoms with E-state index in [1.165, 1.54) is 13.2 Å². The Morgan fingerprint density at radius 3 is 2.78 bits per heavy atom. The highest BCUT2D eigenvalue weighted by Gasteiger charge is 2.24. The number of hydrogen-bond acceptors (Lipinski definition) is 3. The Hall–Kier alpha value is -1.27. The second kappa shape index (κ2) is 5.58. The molecule has 6 heteroatoms. The molecule has 1 aliphatic rings. The van der Waals surface area contributed by atoms with Crippen LogP contribution in [0.5, 0.6) is 5.75 Å². The molecule has 0 spiro atoms. The van der Waals surface area contributed by atoms with Gasteiger partial charge in [-0.25, -0.2) is 13.2 Å². The van der Waals surface area contributed by atoms with E-state index in [9.17, 15) is 13.2 Å². The molecule has 100 valence electrons. The molecule has 2 rings (SSSR count). The van der Waals surface area contributed by atoms with Gasteiger partial charge in [0, 0.05) is 24.2 Å². The van der Waals surface area contributed by atoms with Crippen molar-refractivity contribution in [2.45, 2.75) is 12.5 Å². The van der Waals surface area contributed by atoms with Crippen LogP contribution in [0, 0.1) is 5.82 Å². The smallest absolute Gasteiger partial charge is 0.263 e. The van der Waals surface area contributed by atoms with Crippen LogP contribution in [0.2, 0.25) is 0 Å². The normalized spacial score (nSPS) is 20.2. The zero-order valence-corrected chi connectivity index (χ0v) is 9.88. The molecular weight excluding hydrogens is 247 g/mol. The van der Waals surface area contributed by atoms with Crippen molar-refractivity contribution in [1.82, 2.24) is 5.32 Å². The topological polar surface area (TPSA) is 30.5 Å². The molecule has 0 radical (unpaired) electrons. The number of ether oxygens (including phenoxy) is 2. The van der Waals surface area contributed by atoms with Crippen LogP contribution in [0.3, 0.4) is 0 Å². The third-order valence-electron chi connectivity index (χ3n) is 2.83. The number of rotatable bonds is 3. The first-order valence-electron chi connectivity index (χ1n) is 5.61. The first kappa shape index (κ1) is 13.2. The fourth-order valence-electron chi connectivity index (χ4n) is 1.98. The molecule has 1 heterocycles. The largest absolute Gasteiger partial charge is 0.493 e. The number of alkyl halides is 2. The van der Waals surface area contributed by atoms with E-state index in [0.717, 1.165) is 6.07 Å². The van der Waals surface area contributed by atoms with Crippen molar-refractivity contribution in [3.63, 3.8) is 0 Å². The molecule has 1 saturated heterocycles. The second-order valence-corrected chi connectivity index (χ2v) is 3.99. The summed E-state index contributed by atoms with van der Waals surface area (Å²) in [5.41, 5.74) is -0.0440. The summed E-state index contributed by atoms with van der Waals surface area (Å²) in [4.78, 5) is 0. The number of methoxy groups -OCH3 is 1. The van der Waals surface area contributed by atoms with Crippen molar-refractivity contribution in [3.8, 4) is 5.75 Å². The molecule has 1 N–H and O–H groups in total. The molecule has 0 aromatic heterocycles. The molecule has 3 nitrogen and oxygen atoms in total. The third kappa shape index (κ3) is 2.59. The van der Waals surface area contributed by atoms with Crippen LogP contribution in [-0.4, -0.2) is 26.8 Å². The van der Waals surface area contributed by atoms with Crippen LogP contribution < -0.4 is 10.1 Å². The zero-order chi connectivity index (χ0) is 13.1. The summed E-state index contributed by atoms with van der Waals surface area (Å²) in [7, 11) is 1.31. The number of nitrogens with one attached hydrogen (secondary N) is 1. The number of benzene rings is 1. The summed E-state index contributed by atoms with van der Waals surface area (Å²) < 4.78 is 49.4. The molecule has 1 aromatic rings. The Morgan fingerprint density at radius 2 is 2.22 bits per heavy atom. The number of hydrogen-bond donors (Lipinski definition) is 1. The third-order valence-corrected chi connectivity index (χ3v) is 2.83. The molecule has 0 aliphatic carbocycles. The molecule has 0 bridgehead atoms. The van der Waals surface area contributed by atoms with Crippen LogP contribution in [0.25, 0.3) is 0 Å². The predicted molar refractivity (Wildman–Crippen MR) is 59.5 cm³/mol. The second-order valence-electron chi connectivity index (χ2n) is 3.99. The maximum absolute atomic E-state index is 13.7. The Bertz CT molecular complexity index is 420. The summed E-state index contributed by atoms with van der Waals surface area (Å²) >= 11 is 0. The molecule has 1 unspecified atom stereocenters. The van der Waals surface area contributed by atoms with E-state index >= 15 is 0 Å². The van der Waals surface area contributed by atoms with Crippen molar-refractivity contribution in [2.75, 3.05) is 26.8 Å². The Labute approximate surface area is 103 Å². The van der Waals surface area contributed by atoms with E-state index in [-0.39, 0.29) is 11.3 Å². The minimum absolute atomic E-state index is 0.0342. The van der Waals surface area contributed by atoms with Crippen molar-refractivity contribution in [1.29, 1.82) is 0 Å². The molecule has 1 fully saturated rings. The Balaban J connectivity index is 2.41. The van der Waals surface area contributed by atoms with Gasteiger partial charge in [-0.2, -0.15) is 0 Å². The van der Waals surface area contributed by atoms with Gasteiger partial charge in [-0.15, -0.1) is 0 Å². The van der Waals surface area contributed by atoms with Crippen LogP contribution in [0.15, 0.2) is 12.1 Å². The van der Waals surface area contributed by atoms with Gasteiger partial charge in [0.05, 0.1) is 19.8 Å². The molecular formula is C12H14F3NO2. The lowest BCUT2D eigenvalue weighted by Crippen LogP contribution is -2.33. The number of morpholine rings is 1. The standard InChI is InChI=1S/C12H14F3NO2/c1-17-11-8(10-6-16-2-3-18-10)4-7(12(14)15)5-9(11)13/h4-5,10,12,16H,2-3,6H2,1H3. The van der Waals surface area contributed by atoms with Crippen LogP contribution in [-0.2, 0) is 4.74 Å². The molecule has 1 aromatic carbocycles. The quantitative estimate of drug-likeness (QED) is 0.906. The van der Waals surface area contributed by atoms with E-state index in [0.29, 0.717) is 25.3 Å². The Morgan fingerprint density at radius 1 is 1.44 bits per heavy atom. The van der Waals surface area contributed by atoms with Crippen LogP contribution in [0.4, 0.5) is 13.2 Å². The van der Waals surface area contributed by atoms with Gasteiger partial charge >= 0.3 is 0 Å². The Kier molecular flexibility index (Phi) is 4.08. The summed E-state index contributed by atoms with van der Waals surface area (Å²) in [6.45, 7) is 1.59. The first-order valence-corrected chi connectivity index (χ1v) is 5.61. The van der Waals surface area contributed by atoms with Gasteiger partial charge in [0.25, 0.3) is 6.43 Å². The summed E-state index contributed by atoms with van der Waals surface area (Å²) in [5.74, 6) is -0.826. The summed E-state index contributed by atoms with van der Waals surface area (Å²) in [5, 5.41) is 3.06. The summed E-state index contributed by atoms with van der Waals surface area (Å²) in [6.07, 6.45) is -3.19. The van der Waals surface area contributed by atoms with Crippen molar-refractivity contribution >= 4 is 0 Å². The van der Waals surface area contributed by atoms with E-state index in [1.54, 1.807) is 0 Å². The van der Waals surface area contributed by atoms with Gasteiger partial charge in [-0.05, 0) is 12.1 Å². The lowest BCUT2D eigenvalue weighted by atomic mass is 10.0. The average Bonchev–Trinajstić information content (AvgIpc) is 2.38. The van der Waals surface area contributed by atoms with Crippen molar-refractivity contribution in [2.24, 2.45) is 0 Å². The SMILES string of the molecule is COc1c(F)cc(C(F)F)cc1C1CNCCO1. The highest BCUT2D eigenvalue weighted by Crippen LogP contribution is 2.34. The summed E-state index contributed by atoms with van der Waals surface area (Å²) in [6, 6.07) is 2.04. The fraction of sp³-hybridized carbons (Fsp3) is 0.500. The van der Waals surface area contributed by atoms with Crippen LogP contribution in [0.1, 0.15) is 23.7 Å².